The average Bonchev–Trinajstić information content (AvgIpc) is 3.18. The zero-order valence-electron chi connectivity index (χ0n) is 14.8. The van der Waals surface area contributed by atoms with Crippen LogP contribution >= 0.6 is 11.8 Å². The topological polar surface area (TPSA) is 67.0 Å². The third kappa shape index (κ3) is 3.97. The molecule has 0 N–H and O–H groups in total. The minimum Gasteiger partial charge on any atom is -0.378 e. The molecule has 0 aliphatic carbocycles. The van der Waals surface area contributed by atoms with Gasteiger partial charge in [0.25, 0.3) is 0 Å². The average molecular weight is 377 g/mol. The van der Waals surface area contributed by atoms with Crippen LogP contribution < -0.4 is 4.90 Å². The van der Waals surface area contributed by atoms with Crippen molar-refractivity contribution in [1.82, 2.24) is 14.8 Å². The highest BCUT2D eigenvalue weighted by atomic mass is 32.2. The molecule has 4 rings (SSSR count). The van der Waals surface area contributed by atoms with E-state index in [9.17, 15) is 0 Å². The SMILES string of the molecule is N#Cc1ccc(CSc2nnc(N3CCOCC3)n2-c2ccccc2)cc1. The van der Waals surface area contributed by atoms with Gasteiger partial charge in [-0.3, -0.25) is 4.57 Å². The summed E-state index contributed by atoms with van der Waals surface area (Å²) in [5.41, 5.74) is 2.87. The minimum absolute atomic E-state index is 0.672. The lowest BCUT2D eigenvalue weighted by Gasteiger charge is -2.27. The molecule has 0 bridgehead atoms. The van der Waals surface area contributed by atoms with Crippen molar-refractivity contribution in [3.05, 3.63) is 65.7 Å². The lowest BCUT2D eigenvalue weighted by atomic mass is 10.2. The highest BCUT2D eigenvalue weighted by Gasteiger charge is 2.21. The quantitative estimate of drug-likeness (QED) is 0.636. The molecule has 136 valence electrons. The van der Waals surface area contributed by atoms with Crippen molar-refractivity contribution in [2.24, 2.45) is 0 Å². The van der Waals surface area contributed by atoms with E-state index in [-0.39, 0.29) is 0 Å². The number of hydrogen-bond acceptors (Lipinski definition) is 6. The third-order valence-corrected chi connectivity index (χ3v) is 5.38. The van der Waals surface area contributed by atoms with Crippen LogP contribution in [0.3, 0.4) is 0 Å². The van der Waals surface area contributed by atoms with Gasteiger partial charge in [-0.05, 0) is 29.8 Å². The minimum atomic E-state index is 0.672. The molecule has 2 aromatic carbocycles. The smallest absolute Gasteiger partial charge is 0.232 e. The Bertz CT molecular complexity index is 927. The van der Waals surface area contributed by atoms with Crippen LogP contribution in [-0.4, -0.2) is 41.1 Å². The predicted octanol–water partition coefficient (Wildman–Crippen LogP) is 3.27. The first-order valence-electron chi connectivity index (χ1n) is 8.80. The van der Waals surface area contributed by atoms with Gasteiger partial charge in [0.1, 0.15) is 0 Å². The molecular weight excluding hydrogens is 358 g/mol. The number of ether oxygens (including phenoxy) is 1. The van der Waals surface area contributed by atoms with Crippen LogP contribution in [0, 0.1) is 11.3 Å². The van der Waals surface area contributed by atoms with E-state index in [4.69, 9.17) is 10.00 Å². The Balaban J connectivity index is 1.61. The van der Waals surface area contributed by atoms with Gasteiger partial charge >= 0.3 is 0 Å². The molecule has 1 aliphatic rings. The fourth-order valence-electron chi connectivity index (χ4n) is 2.95. The molecule has 7 heteroatoms. The van der Waals surface area contributed by atoms with Crippen LogP contribution in [0.1, 0.15) is 11.1 Å². The van der Waals surface area contributed by atoms with E-state index in [1.165, 1.54) is 0 Å². The van der Waals surface area contributed by atoms with Crippen molar-refractivity contribution in [2.75, 3.05) is 31.2 Å². The van der Waals surface area contributed by atoms with Crippen molar-refractivity contribution >= 4 is 17.7 Å². The summed E-state index contributed by atoms with van der Waals surface area (Å²) in [5.74, 6) is 1.62. The Morgan fingerprint density at radius 3 is 2.44 bits per heavy atom. The predicted molar refractivity (Wildman–Crippen MR) is 105 cm³/mol. The van der Waals surface area contributed by atoms with Crippen LogP contribution in [0.5, 0.6) is 0 Å². The standard InChI is InChI=1S/C20H19N5OS/c21-14-16-6-8-17(9-7-16)15-27-20-23-22-19(24-10-12-26-13-11-24)25(20)18-4-2-1-3-5-18/h1-9H,10-13,15H2. The second-order valence-corrected chi connectivity index (χ2v) is 7.09. The van der Waals surface area contributed by atoms with Crippen LogP contribution in [0.4, 0.5) is 5.95 Å². The van der Waals surface area contributed by atoms with E-state index in [0.29, 0.717) is 18.8 Å². The summed E-state index contributed by atoms with van der Waals surface area (Å²) in [6.07, 6.45) is 0. The summed E-state index contributed by atoms with van der Waals surface area (Å²) in [6.45, 7) is 3.03. The lowest BCUT2D eigenvalue weighted by Crippen LogP contribution is -2.37. The molecule has 0 atom stereocenters. The lowest BCUT2D eigenvalue weighted by molar-refractivity contribution is 0.122. The summed E-state index contributed by atoms with van der Waals surface area (Å²) < 4.78 is 7.58. The van der Waals surface area contributed by atoms with Crippen molar-refractivity contribution in [1.29, 1.82) is 5.26 Å². The van der Waals surface area contributed by atoms with Crippen molar-refractivity contribution in [3.63, 3.8) is 0 Å². The molecule has 0 saturated carbocycles. The largest absolute Gasteiger partial charge is 0.378 e. The molecule has 1 saturated heterocycles. The first kappa shape index (κ1) is 17.6. The second kappa shape index (κ2) is 8.25. The summed E-state index contributed by atoms with van der Waals surface area (Å²) in [6, 6.07) is 20.0. The Labute approximate surface area is 162 Å². The molecule has 0 spiro atoms. The number of benzene rings is 2. The Kier molecular flexibility index (Phi) is 5.37. The molecule has 3 aromatic rings. The highest BCUT2D eigenvalue weighted by molar-refractivity contribution is 7.98. The maximum atomic E-state index is 8.94. The number of anilines is 1. The van der Waals surface area contributed by atoms with Gasteiger partial charge in [0.2, 0.25) is 5.95 Å². The number of thioether (sulfide) groups is 1. The monoisotopic (exact) mass is 377 g/mol. The number of nitriles is 1. The van der Waals surface area contributed by atoms with Crippen LogP contribution in [0.15, 0.2) is 59.8 Å². The van der Waals surface area contributed by atoms with E-state index in [0.717, 1.165) is 41.2 Å². The van der Waals surface area contributed by atoms with E-state index < -0.39 is 0 Å². The molecule has 6 nitrogen and oxygen atoms in total. The Hall–Kier alpha value is -2.82. The van der Waals surface area contributed by atoms with Crippen LogP contribution in [-0.2, 0) is 10.5 Å². The summed E-state index contributed by atoms with van der Waals surface area (Å²) in [7, 11) is 0. The second-order valence-electron chi connectivity index (χ2n) is 6.15. The first-order valence-corrected chi connectivity index (χ1v) is 9.79. The zero-order chi connectivity index (χ0) is 18.5. The number of para-hydroxylation sites is 1. The normalized spacial score (nSPS) is 14.1. The van der Waals surface area contributed by atoms with E-state index >= 15 is 0 Å². The van der Waals surface area contributed by atoms with Gasteiger partial charge in [-0.15, -0.1) is 10.2 Å². The van der Waals surface area contributed by atoms with Gasteiger partial charge in [-0.25, -0.2) is 0 Å². The summed E-state index contributed by atoms with van der Waals surface area (Å²) >= 11 is 1.64. The van der Waals surface area contributed by atoms with Gasteiger partial charge in [0.15, 0.2) is 5.16 Å². The van der Waals surface area contributed by atoms with Crippen LogP contribution in [0.2, 0.25) is 0 Å². The molecule has 1 aromatic heterocycles. The molecule has 0 amide bonds. The fourth-order valence-corrected chi connectivity index (χ4v) is 3.85. The number of hydrogen-bond donors (Lipinski definition) is 0. The number of rotatable bonds is 5. The van der Waals surface area contributed by atoms with Crippen molar-refractivity contribution in [2.45, 2.75) is 10.9 Å². The molecule has 27 heavy (non-hydrogen) atoms. The fraction of sp³-hybridized carbons (Fsp3) is 0.250. The van der Waals surface area contributed by atoms with Gasteiger partial charge in [0.05, 0.1) is 30.5 Å². The highest BCUT2D eigenvalue weighted by Crippen LogP contribution is 2.29. The molecule has 1 aliphatic heterocycles. The number of nitrogens with zero attached hydrogens (tertiary/aromatic N) is 5. The Morgan fingerprint density at radius 2 is 1.74 bits per heavy atom. The third-order valence-electron chi connectivity index (χ3n) is 4.38. The maximum absolute atomic E-state index is 8.94. The van der Waals surface area contributed by atoms with Gasteiger partial charge < -0.3 is 9.64 Å². The van der Waals surface area contributed by atoms with Gasteiger partial charge in [0, 0.05) is 18.8 Å². The number of aromatic nitrogens is 3. The molecular formula is C20H19N5OS. The molecule has 1 fully saturated rings. The molecule has 0 radical (unpaired) electrons. The first-order chi connectivity index (χ1) is 13.3. The number of morpholine rings is 1. The summed E-state index contributed by atoms with van der Waals surface area (Å²) in [5, 5.41) is 18.7. The van der Waals surface area contributed by atoms with Gasteiger partial charge in [-0.2, -0.15) is 5.26 Å². The zero-order valence-corrected chi connectivity index (χ0v) is 15.6. The summed E-state index contributed by atoms with van der Waals surface area (Å²) in [4.78, 5) is 2.22. The Morgan fingerprint density at radius 1 is 1.00 bits per heavy atom. The van der Waals surface area contributed by atoms with Crippen molar-refractivity contribution < 1.29 is 4.74 Å². The van der Waals surface area contributed by atoms with E-state index in [1.54, 1.807) is 11.8 Å². The van der Waals surface area contributed by atoms with Crippen molar-refractivity contribution in [3.8, 4) is 11.8 Å². The van der Waals surface area contributed by atoms with E-state index in [2.05, 4.69) is 37.9 Å². The van der Waals surface area contributed by atoms with E-state index in [1.807, 2.05) is 42.5 Å². The van der Waals surface area contributed by atoms with Gasteiger partial charge in [-0.1, -0.05) is 42.1 Å². The molecule has 0 unspecified atom stereocenters. The molecule has 2 heterocycles. The van der Waals surface area contributed by atoms with Crippen LogP contribution in [0.25, 0.3) is 5.69 Å². The maximum Gasteiger partial charge on any atom is 0.232 e.